The van der Waals surface area contributed by atoms with E-state index in [0.29, 0.717) is 5.02 Å². The van der Waals surface area contributed by atoms with Gasteiger partial charge in [-0.3, -0.25) is 4.79 Å². The van der Waals surface area contributed by atoms with Crippen LogP contribution in [-0.4, -0.2) is 26.9 Å². The van der Waals surface area contributed by atoms with Crippen LogP contribution in [0.3, 0.4) is 0 Å². The lowest BCUT2D eigenvalue weighted by molar-refractivity contribution is -0.118. The molecule has 4 aromatic rings. The number of nitrogens with zero attached hydrogens (tertiary/aromatic N) is 1. The Morgan fingerprint density at radius 2 is 1.79 bits per heavy atom. The summed E-state index contributed by atoms with van der Waals surface area (Å²) in [7, 11) is -3.96. The quantitative estimate of drug-likeness (QED) is 0.368. The molecule has 1 N–H and O–H groups in total. The molecular formula is C25H20ClFN2O3S2. The Hall–Kier alpha value is -2.78. The van der Waals surface area contributed by atoms with Gasteiger partial charge in [0.15, 0.2) is 0 Å². The predicted molar refractivity (Wildman–Crippen MR) is 134 cm³/mol. The van der Waals surface area contributed by atoms with E-state index in [1.54, 1.807) is 47.7 Å². The third kappa shape index (κ3) is 4.34. The van der Waals surface area contributed by atoms with E-state index in [0.717, 1.165) is 26.1 Å². The maximum Gasteiger partial charge on any atom is 0.245 e. The minimum Gasteiger partial charge on any atom is -0.308 e. The molecule has 2 heterocycles. The first-order valence-corrected chi connectivity index (χ1v) is 13.3. The van der Waals surface area contributed by atoms with E-state index in [1.165, 1.54) is 23.1 Å². The number of anilines is 1. The second-order valence-corrected chi connectivity index (χ2v) is 11.6. The largest absolute Gasteiger partial charge is 0.308 e. The Morgan fingerprint density at radius 1 is 1.03 bits per heavy atom. The molecule has 5 nitrogen and oxygen atoms in total. The van der Waals surface area contributed by atoms with Gasteiger partial charge in [-0.2, -0.15) is 4.72 Å². The zero-order valence-corrected chi connectivity index (χ0v) is 20.5. The fraction of sp³-hybridized carbons (Fsp3) is 0.160. The second-order valence-electron chi connectivity index (χ2n) is 8.18. The molecule has 1 aromatic heterocycles. The maximum absolute atomic E-state index is 14.9. The number of sulfonamides is 1. The number of rotatable bonds is 5. The van der Waals surface area contributed by atoms with Crippen LogP contribution in [0.5, 0.6) is 0 Å². The SMILES string of the molecule is Cc1ccc(-c2ccc(N3CC[C@H](NS(=O)(=O)c4ccc5cc(Cl)ccc5c4)C3=O)c(F)c2)s1. The summed E-state index contributed by atoms with van der Waals surface area (Å²) in [6.07, 6.45) is 0.243. The number of thiophene rings is 1. The maximum atomic E-state index is 14.9. The molecule has 34 heavy (non-hydrogen) atoms. The van der Waals surface area contributed by atoms with Crippen molar-refractivity contribution in [3.8, 4) is 10.4 Å². The normalized spacial score (nSPS) is 16.5. The van der Waals surface area contributed by atoms with Crippen LogP contribution in [0, 0.1) is 12.7 Å². The van der Waals surface area contributed by atoms with Crippen LogP contribution in [0.25, 0.3) is 21.2 Å². The summed E-state index contributed by atoms with van der Waals surface area (Å²) >= 11 is 7.56. The molecule has 1 aliphatic heterocycles. The van der Waals surface area contributed by atoms with Crippen molar-refractivity contribution in [2.45, 2.75) is 24.3 Å². The zero-order chi connectivity index (χ0) is 24.0. The first kappa shape index (κ1) is 23.0. The fourth-order valence-electron chi connectivity index (χ4n) is 4.11. The Balaban J connectivity index is 1.35. The van der Waals surface area contributed by atoms with Crippen LogP contribution >= 0.6 is 22.9 Å². The highest BCUT2D eigenvalue weighted by molar-refractivity contribution is 7.89. The topological polar surface area (TPSA) is 66.5 Å². The molecule has 3 aromatic carbocycles. The summed E-state index contributed by atoms with van der Waals surface area (Å²) in [6, 6.07) is 17.5. The summed E-state index contributed by atoms with van der Waals surface area (Å²) in [4.78, 5) is 16.4. The minimum absolute atomic E-state index is 0.0512. The summed E-state index contributed by atoms with van der Waals surface area (Å²) in [6.45, 7) is 2.20. The molecule has 0 saturated carbocycles. The summed E-state index contributed by atoms with van der Waals surface area (Å²) in [5, 5.41) is 2.09. The van der Waals surface area contributed by atoms with Crippen LogP contribution in [-0.2, 0) is 14.8 Å². The van der Waals surface area contributed by atoms with Gasteiger partial charge in [0.25, 0.3) is 0 Å². The molecule has 1 saturated heterocycles. The van der Waals surface area contributed by atoms with E-state index in [1.807, 2.05) is 19.1 Å². The molecule has 5 rings (SSSR count). The number of hydrogen-bond acceptors (Lipinski definition) is 4. The van der Waals surface area contributed by atoms with Crippen molar-refractivity contribution < 1.29 is 17.6 Å². The number of hydrogen-bond donors (Lipinski definition) is 1. The molecule has 0 radical (unpaired) electrons. The zero-order valence-electron chi connectivity index (χ0n) is 18.1. The van der Waals surface area contributed by atoms with E-state index in [-0.39, 0.29) is 23.5 Å². The standard InChI is InChI=1S/C25H20ClFN2O3S2/c1-15-2-9-24(33-15)18-5-8-23(21(27)14-18)29-11-10-22(25(29)30)28-34(31,32)20-7-4-16-12-19(26)6-3-17(16)13-20/h2-9,12-14,22,28H,10-11H2,1H3/t22-/m0/s1. The van der Waals surface area contributed by atoms with Gasteiger partial charge in [0.05, 0.1) is 10.6 Å². The van der Waals surface area contributed by atoms with E-state index in [4.69, 9.17) is 11.6 Å². The Labute approximate surface area is 205 Å². The fourth-order valence-corrected chi connectivity index (χ4v) is 6.42. The Morgan fingerprint density at radius 3 is 2.53 bits per heavy atom. The van der Waals surface area contributed by atoms with Crippen molar-refractivity contribution >= 4 is 55.3 Å². The summed E-state index contributed by atoms with van der Waals surface area (Å²) < 4.78 is 43.4. The second kappa shape index (κ2) is 8.78. The van der Waals surface area contributed by atoms with Gasteiger partial charge in [-0.15, -0.1) is 11.3 Å². The average Bonchev–Trinajstić information content (AvgIpc) is 3.39. The molecule has 1 aliphatic rings. The van der Waals surface area contributed by atoms with Gasteiger partial charge in [0.2, 0.25) is 15.9 Å². The third-order valence-electron chi connectivity index (χ3n) is 5.85. The lowest BCUT2D eigenvalue weighted by Crippen LogP contribution is -2.41. The number of nitrogens with one attached hydrogen (secondary N) is 1. The lowest BCUT2D eigenvalue weighted by atomic mass is 10.1. The van der Waals surface area contributed by atoms with Crippen LogP contribution in [0.2, 0.25) is 5.02 Å². The highest BCUT2D eigenvalue weighted by atomic mass is 35.5. The Kier molecular flexibility index (Phi) is 5.93. The summed E-state index contributed by atoms with van der Waals surface area (Å²) in [5.74, 6) is -0.997. The molecule has 174 valence electrons. The molecule has 0 unspecified atom stereocenters. The van der Waals surface area contributed by atoms with E-state index in [2.05, 4.69) is 4.72 Å². The molecule has 1 atom stereocenters. The Bertz CT molecular complexity index is 1530. The molecule has 1 amide bonds. The molecule has 9 heteroatoms. The number of carbonyl (C=O) groups excluding carboxylic acids is 1. The van der Waals surface area contributed by atoms with E-state index >= 15 is 0 Å². The number of carbonyl (C=O) groups is 1. The van der Waals surface area contributed by atoms with Crippen LogP contribution in [0.15, 0.2) is 71.6 Å². The van der Waals surface area contributed by atoms with Crippen molar-refractivity contribution in [1.82, 2.24) is 4.72 Å². The van der Waals surface area contributed by atoms with Crippen molar-refractivity contribution in [1.29, 1.82) is 0 Å². The monoisotopic (exact) mass is 514 g/mol. The van der Waals surface area contributed by atoms with Gasteiger partial charge in [0, 0.05) is 21.3 Å². The molecule has 0 spiro atoms. The van der Waals surface area contributed by atoms with Gasteiger partial charge in [-0.05, 0) is 78.2 Å². The van der Waals surface area contributed by atoms with Gasteiger partial charge < -0.3 is 4.90 Å². The third-order valence-corrected chi connectivity index (χ3v) is 8.60. The first-order valence-electron chi connectivity index (χ1n) is 10.6. The van der Waals surface area contributed by atoms with E-state index in [9.17, 15) is 17.6 Å². The lowest BCUT2D eigenvalue weighted by Gasteiger charge is -2.18. The van der Waals surface area contributed by atoms with Crippen molar-refractivity contribution in [2.24, 2.45) is 0 Å². The number of benzene rings is 3. The summed E-state index contributed by atoms with van der Waals surface area (Å²) in [5.41, 5.74) is 0.882. The molecule has 1 fully saturated rings. The van der Waals surface area contributed by atoms with Crippen LogP contribution < -0.4 is 9.62 Å². The predicted octanol–water partition coefficient (Wildman–Crippen LogP) is 5.75. The van der Waals surface area contributed by atoms with Crippen molar-refractivity contribution in [3.05, 3.63) is 82.4 Å². The number of halogens is 2. The average molecular weight is 515 g/mol. The van der Waals surface area contributed by atoms with Crippen LogP contribution in [0.4, 0.5) is 10.1 Å². The highest BCUT2D eigenvalue weighted by Crippen LogP contribution is 2.33. The van der Waals surface area contributed by atoms with Gasteiger partial charge >= 0.3 is 0 Å². The van der Waals surface area contributed by atoms with Crippen molar-refractivity contribution in [2.75, 3.05) is 11.4 Å². The molecule has 0 aliphatic carbocycles. The number of amides is 1. The number of aryl methyl sites for hydroxylation is 1. The van der Waals surface area contributed by atoms with Crippen molar-refractivity contribution in [3.63, 3.8) is 0 Å². The van der Waals surface area contributed by atoms with Gasteiger partial charge in [0.1, 0.15) is 11.9 Å². The smallest absolute Gasteiger partial charge is 0.245 e. The van der Waals surface area contributed by atoms with Gasteiger partial charge in [-0.1, -0.05) is 29.8 Å². The minimum atomic E-state index is -3.96. The number of fused-ring (bicyclic) bond motifs is 1. The van der Waals surface area contributed by atoms with E-state index < -0.39 is 27.8 Å². The van der Waals surface area contributed by atoms with Gasteiger partial charge in [-0.25, -0.2) is 12.8 Å². The first-order chi connectivity index (χ1) is 16.2. The molecular weight excluding hydrogens is 495 g/mol. The molecule has 0 bridgehead atoms. The van der Waals surface area contributed by atoms with Crippen LogP contribution in [0.1, 0.15) is 11.3 Å². The highest BCUT2D eigenvalue weighted by Gasteiger charge is 2.36.